The number of hydrogen-bond acceptors (Lipinski definition) is 2. The lowest BCUT2D eigenvalue weighted by Gasteiger charge is -2.28. The molecule has 0 rings (SSSR count). The maximum atomic E-state index is 12.2. The predicted octanol–water partition coefficient (Wildman–Crippen LogP) is 4.14. The van der Waals surface area contributed by atoms with Crippen molar-refractivity contribution < 1.29 is 9.59 Å². The van der Waals surface area contributed by atoms with Crippen LogP contribution in [0.5, 0.6) is 0 Å². The Bertz CT molecular complexity index is 349. The molecule has 1 N–H and O–H groups in total. The molecule has 2 amide bonds. The third-order valence-corrected chi connectivity index (χ3v) is 4.28. The molecular formula is C19H38N2O2. The van der Waals surface area contributed by atoms with Gasteiger partial charge in [0.1, 0.15) is 0 Å². The van der Waals surface area contributed by atoms with Crippen LogP contribution in [0.15, 0.2) is 0 Å². The summed E-state index contributed by atoms with van der Waals surface area (Å²) in [5.41, 5.74) is -0.300. The fourth-order valence-electron chi connectivity index (χ4n) is 2.87. The number of amides is 2. The summed E-state index contributed by atoms with van der Waals surface area (Å²) >= 11 is 0. The van der Waals surface area contributed by atoms with Crippen molar-refractivity contribution in [3.63, 3.8) is 0 Å². The van der Waals surface area contributed by atoms with Gasteiger partial charge in [-0.25, -0.2) is 0 Å². The Hall–Kier alpha value is -1.06. The average Bonchev–Trinajstić information content (AvgIpc) is 2.43. The number of hydrogen-bond donors (Lipinski definition) is 1. The third-order valence-electron chi connectivity index (χ3n) is 4.28. The van der Waals surface area contributed by atoms with E-state index in [-0.39, 0.29) is 23.3 Å². The lowest BCUT2D eigenvalue weighted by molar-refractivity contribution is -0.133. The molecule has 4 heteroatoms. The standard InChI is InChI=1S/C19H38N2O2/c1-7-10-11-12-13-16(4)20-17(22)14-19(5,6)15-18(23)21(8-2)9-3/h16H,7-15H2,1-6H3,(H,20,22)/t16-/m1/s1. The molecule has 0 spiro atoms. The van der Waals surface area contributed by atoms with Crippen molar-refractivity contribution in [2.24, 2.45) is 5.41 Å². The quantitative estimate of drug-likeness (QED) is 0.548. The van der Waals surface area contributed by atoms with Crippen LogP contribution in [0, 0.1) is 5.41 Å². The molecule has 0 radical (unpaired) electrons. The first-order chi connectivity index (χ1) is 10.8. The molecule has 0 aromatic rings. The van der Waals surface area contributed by atoms with Crippen molar-refractivity contribution >= 4 is 11.8 Å². The van der Waals surface area contributed by atoms with Crippen LogP contribution in [0.2, 0.25) is 0 Å². The van der Waals surface area contributed by atoms with Crippen LogP contribution in [-0.2, 0) is 9.59 Å². The monoisotopic (exact) mass is 326 g/mol. The predicted molar refractivity (Wildman–Crippen MR) is 97.3 cm³/mol. The molecule has 23 heavy (non-hydrogen) atoms. The first-order valence-electron chi connectivity index (χ1n) is 9.32. The molecule has 0 unspecified atom stereocenters. The van der Waals surface area contributed by atoms with Gasteiger partial charge < -0.3 is 10.2 Å². The summed E-state index contributed by atoms with van der Waals surface area (Å²) in [6.07, 6.45) is 6.76. The summed E-state index contributed by atoms with van der Waals surface area (Å²) in [5, 5.41) is 3.08. The number of unbranched alkanes of at least 4 members (excludes halogenated alkanes) is 3. The summed E-state index contributed by atoms with van der Waals surface area (Å²) < 4.78 is 0. The van der Waals surface area contributed by atoms with E-state index >= 15 is 0 Å². The smallest absolute Gasteiger partial charge is 0.223 e. The summed E-state index contributed by atoms with van der Waals surface area (Å²) in [7, 11) is 0. The fraction of sp³-hybridized carbons (Fsp3) is 0.895. The van der Waals surface area contributed by atoms with Crippen LogP contribution in [0.25, 0.3) is 0 Å². The summed E-state index contributed by atoms with van der Waals surface area (Å²) in [5.74, 6) is 0.200. The van der Waals surface area contributed by atoms with Gasteiger partial charge in [0, 0.05) is 32.0 Å². The first-order valence-corrected chi connectivity index (χ1v) is 9.32. The fourth-order valence-corrected chi connectivity index (χ4v) is 2.87. The molecule has 0 saturated carbocycles. The number of nitrogens with zero attached hydrogens (tertiary/aromatic N) is 1. The van der Waals surface area contributed by atoms with Gasteiger partial charge in [-0.1, -0.05) is 46.5 Å². The van der Waals surface area contributed by atoms with Gasteiger partial charge in [0.2, 0.25) is 11.8 Å². The van der Waals surface area contributed by atoms with Crippen LogP contribution >= 0.6 is 0 Å². The molecule has 0 aliphatic carbocycles. The van der Waals surface area contributed by atoms with Crippen molar-refractivity contribution in [1.82, 2.24) is 10.2 Å². The number of nitrogens with one attached hydrogen (secondary N) is 1. The van der Waals surface area contributed by atoms with Gasteiger partial charge in [-0.3, -0.25) is 9.59 Å². The summed E-state index contributed by atoms with van der Waals surface area (Å²) in [6.45, 7) is 13.7. The van der Waals surface area contributed by atoms with E-state index in [0.717, 1.165) is 19.5 Å². The molecule has 136 valence electrons. The Morgan fingerprint density at radius 3 is 2.13 bits per heavy atom. The maximum Gasteiger partial charge on any atom is 0.223 e. The minimum atomic E-state index is -0.300. The lowest BCUT2D eigenvalue weighted by Crippen LogP contribution is -2.38. The van der Waals surface area contributed by atoms with E-state index in [2.05, 4.69) is 19.2 Å². The Balaban J connectivity index is 4.22. The molecule has 0 saturated heterocycles. The molecular weight excluding hydrogens is 288 g/mol. The number of rotatable bonds is 12. The van der Waals surface area contributed by atoms with Crippen molar-refractivity contribution in [2.75, 3.05) is 13.1 Å². The molecule has 0 aliphatic heterocycles. The van der Waals surface area contributed by atoms with Crippen molar-refractivity contribution in [3.8, 4) is 0 Å². The molecule has 4 nitrogen and oxygen atoms in total. The molecule has 0 fully saturated rings. The zero-order chi connectivity index (χ0) is 17.9. The topological polar surface area (TPSA) is 49.4 Å². The van der Waals surface area contributed by atoms with E-state index < -0.39 is 0 Å². The highest BCUT2D eigenvalue weighted by atomic mass is 16.2. The van der Waals surface area contributed by atoms with Crippen LogP contribution in [0.4, 0.5) is 0 Å². The second-order valence-corrected chi connectivity index (χ2v) is 7.40. The number of carbonyl (C=O) groups excluding carboxylic acids is 2. The zero-order valence-electron chi connectivity index (χ0n) is 16.2. The van der Waals surface area contributed by atoms with E-state index in [1.807, 2.05) is 32.6 Å². The van der Waals surface area contributed by atoms with Crippen LogP contribution in [-0.4, -0.2) is 35.8 Å². The Morgan fingerprint density at radius 2 is 1.61 bits per heavy atom. The highest BCUT2D eigenvalue weighted by molar-refractivity contribution is 5.80. The first kappa shape index (κ1) is 21.9. The Morgan fingerprint density at radius 1 is 1.00 bits per heavy atom. The molecule has 0 aromatic carbocycles. The van der Waals surface area contributed by atoms with E-state index in [1.165, 1.54) is 25.7 Å². The van der Waals surface area contributed by atoms with Crippen molar-refractivity contribution in [1.29, 1.82) is 0 Å². The van der Waals surface area contributed by atoms with Gasteiger partial charge in [0.25, 0.3) is 0 Å². The second kappa shape index (κ2) is 11.5. The number of carbonyl (C=O) groups is 2. The van der Waals surface area contributed by atoms with E-state index in [1.54, 1.807) is 0 Å². The van der Waals surface area contributed by atoms with Gasteiger partial charge >= 0.3 is 0 Å². The molecule has 1 atom stereocenters. The molecule has 0 heterocycles. The van der Waals surface area contributed by atoms with Gasteiger partial charge in [-0.15, -0.1) is 0 Å². The summed E-state index contributed by atoms with van der Waals surface area (Å²) in [4.78, 5) is 26.3. The highest BCUT2D eigenvalue weighted by Crippen LogP contribution is 2.26. The Labute approximate surface area is 143 Å². The SMILES string of the molecule is CCCCCC[C@@H](C)NC(=O)CC(C)(C)CC(=O)N(CC)CC. The second-order valence-electron chi connectivity index (χ2n) is 7.40. The van der Waals surface area contributed by atoms with Crippen LogP contribution < -0.4 is 5.32 Å². The summed E-state index contributed by atoms with van der Waals surface area (Å²) in [6, 6.07) is 0.216. The van der Waals surface area contributed by atoms with Crippen molar-refractivity contribution in [3.05, 3.63) is 0 Å². The molecule has 0 aromatic heterocycles. The highest BCUT2D eigenvalue weighted by Gasteiger charge is 2.27. The minimum absolute atomic E-state index is 0.0605. The van der Waals surface area contributed by atoms with E-state index in [9.17, 15) is 9.59 Å². The zero-order valence-corrected chi connectivity index (χ0v) is 16.2. The maximum absolute atomic E-state index is 12.2. The van der Waals surface area contributed by atoms with Gasteiger partial charge in [0.05, 0.1) is 0 Å². The van der Waals surface area contributed by atoms with Gasteiger partial charge in [-0.2, -0.15) is 0 Å². The third kappa shape index (κ3) is 10.4. The molecule has 0 bridgehead atoms. The average molecular weight is 327 g/mol. The van der Waals surface area contributed by atoms with E-state index in [0.29, 0.717) is 12.8 Å². The van der Waals surface area contributed by atoms with Crippen LogP contribution in [0.1, 0.15) is 86.5 Å². The van der Waals surface area contributed by atoms with Crippen molar-refractivity contribution in [2.45, 2.75) is 92.5 Å². The van der Waals surface area contributed by atoms with Gasteiger partial charge in [-0.05, 0) is 32.6 Å². The normalized spacial score (nSPS) is 12.8. The Kier molecular flexibility index (Phi) is 10.9. The van der Waals surface area contributed by atoms with E-state index in [4.69, 9.17) is 0 Å². The largest absolute Gasteiger partial charge is 0.354 e. The molecule has 0 aliphatic rings. The van der Waals surface area contributed by atoms with Gasteiger partial charge in [0.15, 0.2) is 0 Å². The minimum Gasteiger partial charge on any atom is -0.354 e. The lowest BCUT2D eigenvalue weighted by atomic mass is 9.84. The van der Waals surface area contributed by atoms with Crippen LogP contribution in [0.3, 0.4) is 0 Å².